The topological polar surface area (TPSA) is 159 Å². The Morgan fingerprint density at radius 3 is 2.48 bits per heavy atom. The molecule has 1 saturated carbocycles. The Bertz CT molecular complexity index is 1660. The molecular weight excluding hydrogens is 612 g/mol. The average Bonchev–Trinajstić information content (AvgIpc) is 3.82. The fraction of sp³-hybridized carbons (Fsp3) is 0.276. The third kappa shape index (κ3) is 8.69. The number of hydrogen-bond donors (Lipinski definition) is 4. The Balaban J connectivity index is 0.000000311. The number of thiazole rings is 1. The van der Waals surface area contributed by atoms with Gasteiger partial charge in [-0.15, -0.1) is 11.3 Å². The highest BCUT2D eigenvalue weighted by atomic mass is 32.2. The minimum Gasteiger partial charge on any atom is -0.397 e. The smallest absolute Gasteiger partial charge is 0.275 e. The van der Waals surface area contributed by atoms with Gasteiger partial charge in [0.15, 0.2) is 16.9 Å². The molecule has 5 aromatic rings. The summed E-state index contributed by atoms with van der Waals surface area (Å²) in [4.78, 5) is 21.4. The van der Waals surface area contributed by atoms with Crippen LogP contribution in [0, 0.1) is 11.8 Å². The predicted molar refractivity (Wildman–Crippen MR) is 163 cm³/mol. The van der Waals surface area contributed by atoms with Gasteiger partial charge in [0, 0.05) is 29.9 Å². The van der Waals surface area contributed by atoms with Gasteiger partial charge in [-0.3, -0.25) is 14.6 Å². The van der Waals surface area contributed by atoms with Gasteiger partial charge in [-0.1, -0.05) is 37.5 Å². The summed E-state index contributed by atoms with van der Waals surface area (Å²) in [6.45, 7) is 1.93. The number of anilines is 1. The fourth-order valence-electron chi connectivity index (χ4n) is 4.38. The Labute approximate surface area is 258 Å². The number of aromatic amines is 1. The molecule has 6 rings (SSSR count). The lowest BCUT2D eigenvalue weighted by molar-refractivity contribution is 0.102. The maximum Gasteiger partial charge on any atom is 0.275 e. The highest BCUT2D eigenvalue weighted by Crippen LogP contribution is 2.33. The van der Waals surface area contributed by atoms with E-state index in [9.17, 15) is 17.8 Å². The number of amides is 1. The lowest BCUT2D eigenvalue weighted by Crippen LogP contribution is -2.14. The molecular formula is C29H31F2N7O4S2. The van der Waals surface area contributed by atoms with Crippen molar-refractivity contribution < 1.29 is 27.4 Å². The van der Waals surface area contributed by atoms with Crippen molar-refractivity contribution in [1.82, 2.24) is 29.9 Å². The SMILES string of the molecule is CCO.O=C(Nc1cn(C2CCCCC2)nc1-c1nc(F)ccc1F)c1csc(-c2cn[nH]c2)n1.O=S(O)c1ccccc1. The number of halogens is 2. The van der Waals surface area contributed by atoms with Crippen LogP contribution in [-0.4, -0.2) is 56.3 Å². The molecule has 15 heteroatoms. The van der Waals surface area contributed by atoms with Crippen molar-refractivity contribution in [1.29, 1.82) is 0 Å². The van der Waals surface area contributed by atoms with Crippen molar-refractivity contribution in [3.63, 3.8) is 0 Å². The number of hydrogen-bond acceptors (Lipinski definition) is 8. The first-order valence-corrected chi connectivity index (χ1v) is 15.7. The highest BCUT2D eigenvalue weighted by Gasteiger charge is 2.24. The van der Waals surface area contributed by atoms with Crippen molar-refractivity contribution in [2.45, 2.75) is 50.0 Å². The van der Waals surface area contributed by atoms with E-state index in [-0.39, 0.29) is 35.4 Å². The number of carbonyl (C=O) groups is 1. The molecule has 1 aliphatic carbocycles. The zero-order valence-electron chi connectivity index (χ0n) is 23.7. The second-order valence-electron chi connectivity index (χ2n) is 9.49. The van der Waals surface area contributed by atoms with Crippen molar-refractivity contribution in [2.75, 3.05) is 11.9 Å². The number of nitrogens with zero attached hydrogens (tertiary/aromatic N) is 5. The van der Waals surface area contributed by atoms with E-state index in [0.29, 0.717) is 9.90 Å². The maximum absolute atomic E-state index is 14.5. The van der Waals surface area contributed by atoms with Gasteiger partial charge in [-0.2, -0.15) is 14.6 Å². The first-order valence-electron chi connectivity index (χ1n) is 13.7. The molecule has 0 spiro atoms. The van der Waals surface area contributed by atoms with Gasteiger partial charge in [0.1, 0.15) is 22.1 Å². The molecule has 1 unspecified atom stereocenters. The number of aliphatic hydroxyl groups is 1. The van der Waals surface area contributed by atoms with Crippen molar-refractivity contribution in [2.24, 2.45) is 0 Å². The molecule has 1 atom stereocenters. The van der Waals surface area contributed by atoms with E-state index < -0.39 is 28.8 Å². The molecule has 1 fully saturated rings. The molecule has 4 heterocycles. The van der Waals surface area contributed by atoms with E-state index in [1.807, 2.05) is 0 Å². The number of aromatic nitrogens is 6. The summed E-state index contributed by atoms with van der Waals surface area (Å²) in [7, 11) is 0. The van der Waals surface area contributed by atoms with Crippen LogP contribution in [-0.2, 0) is 11.1 Å². The third-order valence-electron chi connectivity index (χ3n) is 6.39. The Hall–Kier alpha value is -4.18. The maximum atomic E-state index is 14.5. The average molecular weight is 644 g/mol. The van der Waals surface area contributed by atoms with Gasteiger partial charge < -0.3 is 15.0 Å². The van der Waals surface area contributed by atoms with Gasteiger partial charge in [0.05, 0.1) is 22.8 Å². The summed E-state index contributed by atoms with van der Waals surface area (Å²) in [6, 6.07) is 10.6. The van der Waals surface area contributed by atoms with Gasteiger partial charge in [0.2, 0.25) is 5.95 Å². The van der Waals surface area contributed by atoms with E-state index in [4.69, 9.17) is 9.66 Å². The van der Waals surface area contributed by atoms with Crippen LogP contribution in [0.2, 0.25) is 0 Å². The van der Waals surface area contributed by atoms with Crippen molar-refractivity contribution >= 4 is 34.0 Å². The normalized spacial score (nSPS) is 13.7. The number of rotatable bonds is 6. The first-order chi connectivity index (χ1) is 21.3. The molecule has 4 N–H and O–H groups in total. The quantitative estimate of drug-likeness (QED) is 0.128. The summed E-state index contributed by atoms with van der Waals surface area (Å²) in [5, 5.41) is 23.7. The predicted octanol–water partition coefficient (Wildman–Crippen LogP) is 6.09. The lowest BCUT2D eigenvalue weighted by Gasteiger charge is -2.21. The molecule has 0 saturated heterocycles. The standard InChI is InChI=1S/C21H19F2N7OS.C6H6O2S.C2H6O/c22-14-6-7-17(23)28-18(14)19-15(10-30(29-19)13-4-2-1-3-5-13)26-20(31)16-11-32-21(27-16)12-8-24-25-9-12;7-9(8)6-4-2-1-3-5-6;1-2-3/h6-11,13H,1-5H2,(H,24,25)(H,26,31);1-5H,(H,7,8);3H,2H2,1H3. The van der Waals surface area contributed by atoms with Gasteiger partial charge in [0.25, 0.3) is 5.91 Å². The summed E-state index contributed by atoms with van der Waals surface area (Å²) in [5.74, 6) is -2.01. The second-order valence-corrected chi connectivity index (χ2v) is 11.3. The number of aliphatic hydroxyl groups excluding tert-OH is 1. The molecule has 11 nitrogen and oxygen atoms in total. The number of H-pyrrole nitrogens is 1. The molecule has 44 heavy (non-hydrogen) atoms. The van der Waals surface area contributed by atoms with E-state index in [1.54, 1.807) is 65.9 Å². The lowest BCUT2D eigenvalue weighted by atomic mass is 9.96. The Morgan fingerprint density at radius 2 is 1.84 bits per heavy atom. The molecule has 1 aliphatic rings. The summed E-state index contributed by atoms with van der Waals surface area (Å²) >= 11 is -0.525. The number of benzene rings is 1. The molecule has 1 amide bonds. The molecule has 0 bridgehead atoms. The number of pyridine rings is 1. The minimum atomic E-state index is -1.83. The first kappa shape index (κ1) is 32.7. The van der Waals surface area contributed by atoms with Crippen LogP contribution in [0.1, 0.15) is 55.6 Å². The fourth-order valence-corrected chi connectivity index (χ4v) is 5.55. The van der Waals surface area contributed by atoms with Gasteiger partial charge in [-0.05, 0) is 44.0 Å². The summed E-state index contributed by atoms with van der Waals surface area (Å²) in [5.41, 5.74) is 1.08. The van der Waals surface area contributed by atoms with Crippen molar-refractivity contribution in [3.05, 3.63) is 83.9 Å². The monoisotopic (exact) mass is 643 g/mol. The second kappa shape index (κ2) is 16.0. The van der Waals surface area contributed by atoms with Gasteiger partial charge >= 0.3 is 0 Å². The van der Waals surface area contributed by atoms with Crippen LogP contribution >= 0.6 is 11.3 Å². The minimum absolute atomic E-state index is 0.0891. The van der Waals surface area contributed by atoms with Crippen LogP contribution in [0.5, 0.6) is 0 Å². The summed E-state index contributed by atoms with van der Waals surface area (Å²) < 4.78 is 48.8. The summed E-state index contributed by atoms with van der Waals surface area (Å²) in [6.07, 6.45) is 10.2. The number of nitrogens with one attached hydrogen (secondary N) is 2. The molecule has 232 valence electrons. The largest absolute Gasteiger partial charge is 0.397 e. The van der Waals surface area contributed by atoms with Crippen molar-refractivity contribution in [3.8, 4) is 22.0 Å². The van der Waals surface area contributed by atoms with Crippen LogP contribution in [0.3, 0.4) is 0 Å². The van der Waals surface area contributed by atoms with Crippen LogP contribution in [0.4, 0.5) is 14.5 Å². The van der Waals surface area contributed by atoms with E-state index >= 15 is 0 Å². The zero-order valence-corrected chi connectivity index (χ0v) is 25.3. The molecule has 1 aromatic carbocycles. The Morgan fingerprint density at radius 1 is 1.11 bits per heavy atom. The zero-order chi connectivity index (χ0) is 31.5. The molecule has 4 aromatic heterocycles. The third-order valence-corrected chi connectivity index (χ3v) is 7.96. The van der Waals surface area contributed by atoms with E-state index in [0.717, 1.165) is 49.8 Å². The number of carbonyl (C=O) groups excluding carboxylic acids is 1. The van der Waals surface area contributed by atoms with Crippen LogP contribution in [0.15, 0.2) is 71.3 Å². The van der Waals surface area contributed by atoms with Gasteiger partial charge in [-0.25, -0.2) is 18.6 Å². The highest BCUT2D eigenvalue weighted by molar-refractivity contribution is 7.79. The Kier molecular flexibility index (Phi) is 11.9. The molecule has 0 radical (unpaired) electrons. The van der Waals surface area contributed by atoms with E-state index in [1.165, 1.54) is 11.3 Å². The molecule has 0 aliphatic heterocycles. The van der Waals surface area contributed by atoms with Crippen LogP contribution < -0.4 is 5.32 Å². The van der Waals surface area contributed by atoms with Crippen LogP contribution in [0.25, 0.3) is 22.0 Å². The van der Waals surface area contributed by atoms with E-state index in [2.05, 4.69) is 30.6 Å².